The number of nitrogens with zero attached hydrogens (tertiary/aromatic N) is 3. The average Bonchev–Trinajstić information content (AvgIpc) is 2.91. The molecule has 0 aliphatic carbocycles. The number of fused-ring (bicyclic) bond motifs is 1. The SMILES string of the molecule is O=C(COc1ccc(F)cc1)NCCn1nc2ccccn2c1=O. The fraction of sp³-hybridized carbons (Fsp3) is 0.188. The molecule has 1 aromatic carbocycles. The second-order valence-electron chi connectivity index (χ2n) is 5.03. The lowest BCUT2D eigenvalue weighted by Crippen LogP contribution is -2.34. The van der Waals surface area contributed by atoms with Gasteiger partial charge in [-0.25, -0.2) is 13.9 Å². The Kier molecular flexibility index (Phi) is 4.55. The van der Waals surface area contributed by atoms with Gasteiger partial charge in [0.2, 0.25) is 0 Å². The van der Waals surface area contributed by atoms with Gasteiger partial charge >= 0.3 is 5.69 Å². The molecule has 0 saturated carbocycles. The number of hydrogen-bond donors (Lipinski definition) is 1. The van der Waals surface area contributed by atoms with Crippen molar-refractivity contribution in [1.29, 1.82) is 0 Å². The van der Waals surface area contributed by atoms with Crippen LogP contribution in [0.1, 0.15) is 0 Å². The number of nitrogens with one attached hydrogen (secondary N) is 1. The third-order valence-electron chi connectivity index (χ3n) is 3.32. The van der Waals surface area contributed by atoms with Crippen molar-refractivity contribution in [2.75, 3.05) is 13.2 Å². The van der Waals surface area contributed by atoms with Crippen LogP contribution in [0.2, 0.25) is 0 Å². The summed E-state index contributed by atoms with van der Waals surface area (Å²) in [6, 6.07) is 10.7. The highest BCUT2D eigenvalue weighted by Crippen LogP contribution is 2.10. The van der Waals surface area contributed by atoms with E-state index in [1.807, 2.05) is 0 Å². The Hall–Kier alpha value is -3.16. The highest BCUT2D eigenvalue weighted by molar-refractivity contribution is 5.77. The zero-order chi connectivity index (χ0) is 16.9. The number of halogens is 1. The van der Waals surface area contributed by atoms with Crippen molar-refractivity contribution in [1.82, 2.24) is 19.5 Å². The molecule has 3 aromatic rings. The number of rotatable bonds is 6. The van der Waals surface area contributed by atoms with E-state index in [4.69, 9.17) is 4.74 Å². The zero-order valence-corrected chi connectivity index (χ0v) is 12.7. The van der Waals surface area contributed by atoms with Crippen molar-refractivity contribution in [3.8, 4) is 5.75 Å². The Morgan fingerprint density at radius 3 is 2.75 bits per heavy atom. The average molecular weight is 330 g/mol. The van der Waals surface area contributed by atoms with Gasteiger partial charge in [0.1, 0.15) is 11.6 Å². The largest absolute Gasteiger partial charge is 0.484 e. The molecule has 8 heteroatoms. The van der Waals surface area contributed by atoms with E-state index >= 15 is 0 Å². The van der Waals surface area contributed by atoms with Crippen molar-refractivity contribution >= 4 is 11.6 Å². The number of carbonyl (C=O) groups is 1. The lowest BCUT2D eigenvalue weighted by molar-refractivity contribution is -0.123. The highest BCUT2D eigenvalue weighted by Gasteiger charge is 2.07. The molecule has 0 unspecified atom stereocenters. The fourth-order valence-electron chi connectivity index (χ4n) is 2.15. The van der Waals surface area contributed by atoms with E-state index in [9.17, 15) is 14.0 Å². The first kappa shape index (κ1) is 15.7. The minimum absolute atomic E-state index is 0.189. The molecule has 1 amide bonds. The number of pyridine rings is 1. The molecule has 0 fully saturated rings. The molecule has 7 nitrogen and oxygen atoms in total. The molecule has 0 radical (unpaired) electrons. The van der Waals surface area contributed by atoms with Crippen LogP contribution in [-0.2, 0) is 11.3 Å². The van der Waals surface area contributed by atoms with Crippen molar-refractivity contribution in [2.24, 2.45) is 0 Å². The van der Waals surface area contributed by atoms with Crippen LogP contribution in [0.4, 0.5) is 4.39 Å². The maximum absolute atomic E-state index is 12.8. The van der Waals surface area contributed by atoms with Crippen LogP contribution in [-0.4, -0.2) is 33.2 Å². The molecule has 0 bridgehead atoms. The molecule has 2 aromatic heterocycles. The van der Waals surface area contributed by atoms with Crippen LogP contribution in [0, 0.1) is 5.82 Å². The van der Waals surface area contributed by atoms with Gasteiger partial charge in [-0.1, -0.05) is 6.07 Å². The summed E-state index contributed by atoms with van der Waals surface area (Å²) < 4.78 is 20.7. The maximum Gasteiger partial charge on any atom is 0.350 e. The van der Waals surface area contributed by atoms with Gasteiger partial charge < -0.3 is 10.1 Å². The van der Waals surface area contributed by atoms with Gasteiger partial charge in [0.25, 0.3) is 5.91 Å². The van der Waals surface area contributed by atoms with Gasteiger partial charge in [-0.2, -0.15) is 0 Å². The van der Waals surface area contributed by atoms with Gasteiger partial charge in [0.05, 0.1) is 6.54 Å². The molecule has 0 aliphatic rings. The van der Waals surface area contributed by atoms with Crippen molar-refractivity contribution in [2.45, 2.75) is 6.54 Å². The van der Waals surface area contributed by atoms with Crippen molar-refractivity contribution in [3.63, 3.8) is 0 Å². The number of ether oxygens (including phenoxy) is 1. The molecule has 0 spiro atoms. The monoisotopic (exact) mass is 330 g/mol. The summed E-state index contributed by atoms with van der Waals surface area (Å²) in [7, 11) is 0. The van der Waals surface area contributed by atoms with E-state index < -0.39 is 0 Å². The molecule has 2 heterocycles. The molecule has 1 N–H and O–H groups in total. The lowest BCUT2D eigenvalue weighted by Gasteiger charge is -2.07. The summed E-state index contributed by atoms with van der Waals surface area (Å²) in [6.07, 6.45) is 1.64. The minimum Gasteiger partial charge on any atom is -0.484 e. The van der Waals surface area contributed by atoms with Crippen LogP contribution in [0.5, 0.6) is 5.75 Å². The van der Waals surface area contributed by atoms with Gasteiger partial charge in [0.15, 0.2) is 12.3 Å². The van der Waals surface area contributed by atoms with E-state index in [-0.39, 0.29) is 37.1 Å². The number of benzene rings is 1. The van der Waals surface area contributed by atoms with Crippen LogP contribution < -0.4 is 15.7 Å². The van der Waals surface area contributed by atoms with Gasteiger partial charge in [-0.05, 0) is 36.4 Å². The number of aromatic nitrogens is 3. The van der Waals surface area contributed by atoms with Crippen molar-refractivity contribution in [3.05, 3.63) is 65.0 Å². The number of amides is 1. The molecule has 24 heavy (non-hydrogen) atoms. The first-order valence-electron chi connectivity index (χ1n) is 7.33. The van der Waals surface area contributed by atoms with Crippen LogP contribution in [0.25, 0.3) is 5.65 Å². The molecular formula is C16H15FN4O3. The number of carbonyl (C=O) groups excluding carboxylic acids is 1. The van der Waals surface area contributed by atoms with Crippen LogP contribution in [0.15, 0.2) is 53.5 Å². The smallest absolute Gasteiger partial charge is 0.350 e. The summed E-state index contributed by atoms with van der Waals surface area (Å²) in [5, 5.41) is 6.80. The molecule has 0 saturated heterocycles. The van der Waals surface area contributed by atoms with Gasteiger partial charge in [-0.15, -0.1) is 5.10 Å². The normalized spacial score (nSPS) is 10.7. The Bertz CT molecular complexity index is 902. The molecule has 124 valence electrons. The summed E-state index contributed by atoms with van der Waals surface area (Å²) in [5.41, 5.74) is 0.288. The Balaban J connectivity index is 1.48. The first-order valence-corrected chi connectivity index (χ1v) is 7.33. The topological polar surface area (TPSA) is 77.6 Å². The van der Waals surface area contributed by atoms with Crippen molar-refractivity contribution < 1.29 is 13.9 Å². The Morgan fingerprint density at radius 1 is 1.21 bits per heavy atom. The van der Waals surface area contributed by atoms with E-state index in [1.54, 1.807) is 24.4 Å². The predicted octanol–water partition coefficient (Wildman–Crippen LogP) is 0.830. The fourth-order valence-corrected chi connectivity index (χ4v) is 2.15. The summed E-state index contributed by atoms with van der Waals surface area (Å²) in [6.45, 7) is 0.309. The molecule has 0 atom stereocenters. The standard InChI is InChI=1S/C16H15FN4O3/c17-12-4-6-13(7-5-12)24-11-15(22)18-8-10-21-16(23)20-9-2-1-3-14(20)19-21/h1-7,9H,8,10-11H2,(H,18,22). The van der Waals surface area contributed by atoms with Crippen LogP contribution >= 0.6 is 0 Å². The Labute approximate surface area is 136 Å². The lowest BCUT2D eigenvalue weighted by atomic mass is 10.3. The third kappa shape index (κ3) is 3.60. The van der Waals surface area contributed by atoms with Gasteiger partial charge in [0, 0.05) is 12.7 Å². The maximum atomic E-state index is 12.8. The highest BCUT2D eigenvalue weighted by atomic mass is 19.1. The second-order valence-corrected chi connectivity index (χ2v) is 5.03. The first-order chi connectivity index (χ1) is 11.6. The van der Waals surface area contributed by atoms with Crippen LogP contribution in [0.3, 0.4) is 0 Å². The predicted molar refractivity (Wildman–Crippen MR) is 84.4 cm³/mol. The van der Waals surface area contributed by atoms with E-state index in [1.165, 1.54) is 33.3 Å². The van der Waals surface area contributed by atoms with E-state index in [0.29, 0.717) is 11.4 Å². The quantitative estimate of drug-likeness (QED) is 0.726. The molecule has 3 rings (SSSR count). The zero-order valence-electron chi connectivity index (χ0n) is 12.7. The summed E-state index contributed by atoms with van der Waals surface area (Å²) >= 11 is 0. The second kappa shape index (κ2) is 6.95. The van der Waals surface area contributed by atoms with E-state index in [0.717, 1.165) is 0 Å². The summed E-state index contributed by atoms with van der Waals surface area (Å²) in [4.78, 5) is 23.7. The van der Waals surface area contributed by atoms with Gasteiger partial charge in [-0.3, -0.25) is 9.20 Å². The third-order valence-corrected chi connectivity index (χ3v) is 3.32. The molecular weight excluding hydrogens is 315 g/mol. The minimum atomic E-state index is -0.371. The Morgan fingerprint density at radius 2 is 2.00 bits per heavy atom. The summed E-state index contributed by atoms with van der Waals surface area (Å²) in [5.74, 6) is -0.302. The molecule has 0 aliphatic heterocycles. The number of hydrogen-bond acceptors (Lipinski definition) is 4. The van der Waals surface area contributed by atoms with E-state index in [2.05, 4.69) is 10.4 Å².